The predicted molar refractivity (Wildman–Crippen MR) is 51.2 cm³/mol. The van der Waals surface area contributed by atoms with E-state index in [0.29, 0.717) is 6.04 Å². The molecule has 0 aromatic carbocycles. The lowest BCUT2D eigenvalue weighted by Crippen LogP contribution is -2.43. The molecule has 1 saturated heterocycles. The molecule has 2 nitrogen and oxygen atoms in total. The molecule has 72 valence electrons. The van der Waals surface area contributed by atoms with Crippen LogP contribution in [0.25, 0.3) is 0 Å². The number of nitrogens with zero attached hydrogens (tertiary/aromatic N) is 1. The van der Waals surface area contributed by atoms with Crippen molar-refractivity contribution in [3.05, 3.63) is 0 Å². The molecule has 2 atom stereocenters. The van der Waals surface area contributed by atoms with Crippen molar-refractivity contribution in [1.29, 1.82) is 0 Å². The zero-order chi connectivity index (χ0) is 8.97. The highest BCUT2D eigenvalue weighted by molar-refractivity contribution is 4.76. The largest absolute Gasteiger partial charge is 0.392 e. The quantitative estimate of drug-likeness (QED) is 0.697. The lowest BCUT2D eigenvalue weighted by atomic mass is 10.0. The smallest absolute Gasteiger partial charge is 0.0690 e. The van der Waals surface area contributed by atoms with Crippen LogP contribution in [0.15, 0.2) is 0 Å². The highest BCUT2D eigenvalue weighted by atomic mass is 16.3. The fourth-order valence-corrected chi connectivity index (χ4v) is 1.91. The number of aliphatic hydroxyl groups excluding tert-OH is 1. The molecule has 0 aromatic heterocycles. The summed E-state index contributed by atoms with van der Waals surface area (Å²) in [6.45, 7) is 6.54. The van der Waals surface area contributed by atoms with E-state index in [2.05, 4.69) is 11.8 Å². The average molecular weight is 171 g/mol. The Hall–Kier alpha value is -0.0800. The van der Waals surface area contributed by atoms with Crippen LogP contribution in [0.2, 0.25) is 0 Å². The SMILES string of the molecule is CCC(O)C(C)N1CCCCC1. The number of hydrogen-bond acceptors (Lipinski definition) is 2. The molecule has 1 rings (SSSR count). The first-order valence-electron chi connectivity index (χ1n) is 5.17. The van der Waals surface area contributed by atoms with E-state index in [1.54, 1.807) is 0 Å². The Bertz CT molecular complexity index is 121. The number of rotatable bonds is 3. The van der Waals surface area contributed by atoms with Crippen LogP contribution >= 0.6 is 0 Å². The molecule has 0 aliphatic carbocycles. The zero-order valence-corrected chi connectivity index (χ0v) is 8.29. The van der Waals surface area contributed by atoms with Gasteiger partial charge in [-0.25, -0.2) is 0 Å². The fourth-order valence-electron chi connectivity index (χ4n) is 1.91. The van der Waals surface area contributed by atoms with Crippen molar-refractivity contribution in [2.45, 2.75) is 51.7 Å². The van der Waals surface area contributed by atoms with Crippen molar-refractivity contribution in [1.82, 2.24) is 4.90 Å². The second-order valence-electron chi connectivity index (χ2n) is 3.81. The van der Waals surface area contributed by atoms with Gasteiger partial charge < -0.3 is 5.11 Å². The summed E-state index contributed by atoms with van der Waals surface area (Å²) < 4.78 is 0. The van der Waals surface area contributed by atoms with Crippen molar-refractivity contribution in [2.75, 3.05) is 13.1 Å². The Morgan fingerprint density at radius 3 is 2.33 bits per heavy atom. The molecule has 0 radical (unpaired) electrons. The van der Waals surface area contributed by atoms with Gasteiger partial charge in [-0.1, -0.05) is 13.3 Å². The molecule has 0 saturated carbocycles. The molecule has 0 bridgehead atoms. The summed E-state index contributed by atoms with van der Waals surface area (Å²) in [5, 5.41) is 9.64. The molecule has 12 heavy (non-hydrogen) atoms. The average Bonchev–Trinajstić information content (AvgIpc) is 2.17. The Morgan fingerprint density at radius 2 is 1.83 bits per heavy atom. The first-order valence-corrected chi connectivity index (χ1v) is 5.17. The van der Waals surface area contributed by atoms with Gasteiger partial charge in [-0.15, -0.1) is 0 Å². The van der Waals surface area contributed by atoms with Gasteiger partial charge in [-0.3, -0.25) is 4.90 Å². The second kappa shape index (κ2) is 4.83. The Balaban J connectivity index is 2.33. The first-order chi connectivity index (χ1) is 5.75. The zero-order valence-electron chi connectivity index (χ0n) is 8.29. The van der Waals surface area contributed by atoms with Crippen LogP contribution in [-0.4, -0.2) is 35.2 Å². The molecule has 0 amide bonds. The number of piperidine rings is 1. The summed E-state index contributed by atoms with van der Waals surface area (Å²) in [6.07, 6.45) is 4.72. The maximum absolute atomic E-state index is 9.64. The minimum Gasteiger partial charge on any atom is -0.392 e. The van der Waals surface area contributed by atoms with Gasteiger partial charge in [0.05, 0.1) is 6.10 Å². The molecule has 1 N–H and O–H groups in total. The minimum atomic E-state index is -0.136. The summed E-state index contributed by atoms with van der Waals surface area (Å²) in [5.41, 5.74) is 0. The van der Waals surface area contributed by atoms with E-state index in [9.17, 15) is 5.11 Å². The van der Waals surface area contributed by atoms with Crippen LogP contribution < -0.4 is 0 Å². The van der Waals surface area contributed by atoms with Crippen LogP contribution in [-0.2, 0) is 0 Å². The van der Waals surface area contributed by atoms with E-state index >= 15 is 0 Å². The molecule has 1 aliphatic rings. The molecule has 2 heteroatoms. The summed E-state index contributed by atoms with van der Waals surface area (Å²) in [4.78, 5) is 2.41. The van der Waals surface area contributed by atoms with Gasteiger partial charge in [-0.05, 0) is 39.3 Å². The third-order valence-corrected chi connectivity index (χ3v) is 2.94. The van der Waals surface area contributed by atoms with Crippen molar-refractivity contribution >= 4 is 0 Å². The summed E-state index contributed by atoms with van der Waals surface area (Å²) in [6, 6.07) is 0.357. The van der Waals surface area contributed by atoms with Crippen LogP contribution in [0, 0.1) is 0 Å². The van der Waals surface area contributed by atoms with Crippen molar-refractivity contribution < 1.29 is 5.11 Å². The molecule has 1 aliphatic heterocycles. The normalized spacial score (nSPS) is 25.2. The summed E-state index contributed by atoms with van der Waals surface area (Å²) in [7, 11) is 0. The van der Waals surface area contributed by atoms with E-state index in [1.165, 1.54) is 32.4 Å². The van der Waals surface area contributed by atoms with Crippen LogP contribution in [0.3, 0.4) is 0 Å². The lowest BCUT2D eigenvalue weighted by molar-refractivity contribution is 0.0456. The molecule has 2 unspecified atom stereocenters. The summed E-state index contributed by atoms with van der Waals surface area (Å²) >= 11 is 0. The number of hydrogen-bond donors (Lipinski definition) is 1. The lowest BCUT2D eigenvalue weighted by Gasteiger charge is -2.34. The standard InChI is InChI=1S/C10H21NO/c1-3-10(12)9(2)11-7-5-4-6-8-11/h9-10,12H,3-8H2,1-2H3. The van der Waals surface area contributed by atoms with Crippen molar-refractivity contribution in [3.8, 4) is 0 Å². The number of likely N-dealkylation sites (tertiary alicyclic amines) is 1. The van der Waals surface area contributed by atoms with Gasteiger partial charge in [0.1, 0.15) is 0 Å². The molecule has 0 aromatic rings. The van der Waals surface area contributed by atoms with Gasteiger partial charge >= 0.3 is 0 Å². The van der Waals surface area contributed by atoms with Crippen LogP contribution in [0.4, 0.5) is 0 Å². The second-order valence-corrected chi connectivity index (χ2v) is 3.81. The van der Waals surface area contributed by atoms with Gasteiger partial charge in [0.2, 0.25) is 0 Å². The van der Waals surface area contributed by atoms with E-state index in [-0.39, 0.29) is 6.10 Å². The Morgan fingerprint density at radius 1 is 1.25 bits per heavy atom. The maximum atomic E-state index is 9.64. The van der Waals surface area contributed by atoms with E-state index in [0.717, 1.165) is 6.42 Å². The number of aliphatic hydroxyl groups is 1. The Kier molecular flexibility index (Phi) is 4.02. The van der Waals surface area contributed by atoms with E-state index in [4.69, 9.17) is 0 Å². The highest BCUT2D eigenvalue weighted by Gasteiger charge is 2.21. The molecular weight excluding hydrogens is 150 g/mol. The van der Waals surface area contributed by atoms with E-state index < -0.39 is 0 Å². The summed E-state index contributed by atoms with van der Waals surface area (Å²) in [5.74, 6) is 0. The molecule has 0 spiro atoms. The van der Waals surface area contributed by atoms with Crippen molar-refractivity contribution in [2.24, 2.45) is 0 Å². The topological polar surface area (TPSA) is 23.5 Å². The van der Waals surface area contributed by atoms with Gasteiger partial charge in [0, 0.05) is 6.04 Å². The first kappa shape index (κ1) is 10.0. The molecule has 1 heterocycles. The van der Waals surface area contributed by atoms with Crippen molar-refractivity contribution in [3.63, 3.8) is 0 Å². The van der Waals surface area contributed by atoms with E-state index in [1.807, 2.05) is 6.92 Å². The Labute approximate surface area is 75.6 Å². The van der Waals surface area contributed by atoms with Gasteiger partial charge in [0.15, 0.2) is 0 Å². The third kappa shape index (κ3) is 2.46. The highest BCUT2D eigenvalue weighted by Crippen LogP contribution is 2.15. The van der Waals surface area contributed by atoms with Gasteiger partial charge in [-0.2, -0.15) is 0 Å². The maximum Gasteiger partial charge on any atom is 0.0690 e. The predicted octanol–water partition coefficient (Wildman–Crippen LogP) is 1.63. The third-order valence-electron chi connectivity index (χ3n) is 2.94. The molecule has 1 fully saturated rings. The van der Waals surface area contributed by atoms with Crippen LogP contribution in [0.1, 0.15) is 39.5 Å². The monoisotopic (exact) mass is 171 g/mol. The minimum absolute atomic E-state index is 0.136. The van der Waals surface area contributed by atoms with Crippen LogP contribution in [0.5, 0.6) is 0 Å². The molecular formula is C10H21NO. The van der Waals surface area contributed by atoms with Gasteiger partial charge in [0.25, 0.3) is 0 Å². The fraction of sp³-hybridized carbons (Fsp3) is 1.00.